The van der Waals surface area contributed by atoms with Crippen molar-refractivity contribution >= 4 is 11.9 Å². The van der Waals surface area contributed by atoms with Crippen LogP contribution < -0.4 is 5.32 Å². The lowest BCUT2D eigenvalue weighted by Gasteiger charge is -2.03. The molecule has 1 heterocycles. The van der Waals surface area contributed by atoms with Gasteiger partial charge in [-0.15, -0.1) is 0 Å². The lowest BCUT2D eigenvalue weighted by molar-refractivity contribution is -0.137. The van der Waals surface area contributed by atoms with E-state index in [-0.39, 0.29) is 24.6 Å². The number of benzene rings is 1. The highest BCUT2D eigenvalue weighted by Crippen LogP contribution is 2.24. The number of carboxylic acids is 1. The first-order valence-electron chi connectivity index (χ1n) is 6.61. The second kappa shape index (κ2) is 6.69. The van der Waals surface area contributed by atoms with Crippen molar-refractivity contribution in [3.63, 3.8) is 0 Å². The molecule has 0 atom stereocenters. The highest BCUT2D eigenvalue weighted by molar-refractivity contribution is 5.97. The van der Waals surface area contributed by atoms with Gasteiger partial charge in [-0.3, -0.25) is 9.59 Å². The molecular weight excluding hydrogens is 272 g/mol. The number of aromatic nitrogens is 1. The minimum Gasteiger partial charge on any atom is -0.481 e. The molecule has 0 radical (unpaired) electrons. The molecule has 110 valence electrons. The number of hydrogen-bond acceptors (Lipinski definition) is 4. The second-order valence-corrected chi connectivity index (χ2v) is 4.53. The van der Waals surface area contributed by atoms with Gasteiger partial charge in [-0.25, -0.2) is 4.98 Å². The van der Waals surface area contributed by atoms with E-state index >= 15 is 0 Å². The zero-order valence-electron chi connectivity index (χ0n) is 11.6. The van der Waals surface area contributed by atoms with E-state index in [1.54, 1.807) is 6.92 Å². The Morgan fingerprint density at radius 3 is 2.67 bits per heavy atom. The van der Waals surface area contributed by atoms with Gasteiger partial charge in [-0.05, 0) is 6.42 Å². The van der Waals surface area contributed by atoms with Crippen LogP contribution in [-0.4, -0.2) is 28.5 Å². The number of carbonyl (C=O) groups excluding carboxylic acids is 1. The van der Waals surface area contributed by atoms with Crippen LogP contribution in [0.4, 0.5) is 0 Å². The smallest absolute Gasteiger partial charge is 0.303 e. The molecule has 0 saturated heterocycles. The van der Waals surface area contributed by atoms with E-state index in [0.717, 1.165) is 5.56 Å². The van der Waals surface area contributed by atoms with Gasteiger partial charge in [0.05, 0.1) is 0 Å². The molecule has 2 N–H and O–H groups in total. The van der Waals surface area contributed by atoms with E-state index in [1.165, 1.54) is 0 Å². The fourth-order valence-corrected chi connectivity index (χ4v) is 1.89. The summed E-state index contributed by atoms with van der Waals surface area (Å²) >= 11 is 0. The molecule has 1 aromatic carbocycles. The molecule has 1 amide bonds. The van der Waals surface area contributed by atoms with Gasteiger partial charge in [0.1, 0.15) is 0 Å². The molecule has 0 bridgehead atoms. The Morgan fingerprint density at radius 1 is 1.29 bits per heavy atom. The maximum atomic E-state index is 12.1. The first kappa shape index (κ1) is 14.8. The van der Waals surface area contributed by atoms with Crippen molar-refractivity contribution in [1.82, 2.24) is 10.3 Å². The number of nitrogens with zero attached hydrogens (tertiary/aromatic N) is 1. The van der Waals surface area contributed by atoms with Crippen molar-refractivity contribution in [2.24, 2.45) is 0 Å². The molecule has 2 rings (SSSR count). The minimum atomic E-state index is -0.883. The van der Waals surface area contributed by atoms with Gasteiger partial charge < -0.3 is 14.8 Å². The van der Waals surface area contributed by atoms with E-state index in [0.29, 0.717) is 18.1 Å². The van der Waals surface area contributed by atoms with Gasteiger partial charge in [0.15, 0.2) is 17.3 Å². The van der Waals surface area contributed by atoms with Crippen molar-refractivity contribution in [3.8, 4) is 11.3 Å². The molecule has 0 aliphatic heterocycles. The minimum absolute atomic E-state index is 0.0175. The number of hydrogen-bond donors (Lipinski definition) is 2. The van der Waals surface area contributed by atoms with Crippen LogP contribution in [0.25, 0.3) is 11.3 Å². The van der Waals surface area contributed by atoms with E-state index in [4.69, 9.17) is 9.52 Å². The molecule has 0 fully saturated rings. The molecular formula is C15H16N2O4. The number of nitrogens with one attached hydrogen (secondary N) is 1. The van der Waals surface area contributed by atoms with Gasteiger partial charge >= 0.3 is 5.97 Å². The third kappa shape index (κ3) is 3.92. The summed E-state index contributed by atoms with van der Waals surface area (Å²) in [5.74, 6) is -0.420. The van der Waals surface area contributed by atoms with Crippen molar-refractivity contribution in [2.45, 2.75) is 19.8 Å². The number of rotatable bonds is 6. The summed E-state index contributed by atoms with van der Waals surface area (Å²) in [7, 11) is 0. The molecule has 1 aromatic heterocycles. The van der Waals surface area contributed by atoms with Crippen LogP contribution in [0.2, 0.25) is 0 Å². The van der Waals surface area contributed by atoms with Gasteiger partial charge in [0, 0.05) is 25.5 Å². The van der Waals surface area contributed by atoms with Crippen LogP contribution in [-0.2, 0) is 4.79 Å². The molecule has 0 unspecified atom stereocenters. The molecule has 0 spiro atoms. The summed E-state index contributed by atoms with van der Waals surface area (Å²) in [4.78, 5) is 26.6. The number of carbonyl (C=O) groups is 2. The first-order valence-corrected chi connectivity index (χ1v) is 6.61. The number of carboxylic acid groups (broad SMARTS) is 1. The maximum Gasteiger partial charge on any atom is 0.303 e. The highest BCUT2D eigenvalue weighted by Gasteiger charge is 2.19. The third-order valence-electron chi connectivity index (χ3n) is 2.84. The Hall–Kier alpha value is -2.63. The van der Waals surface area contributed by atoms with Crippen molar-refractivity contribution < 1.29 is 19.1 Å². The molecule has 0 aliphatic carbocycles. The summed E-state index contributed by atoms with van der Waals surface area (Å²) in [6, 6.07) is 9.24. The third-order valence-corrected chi connectivity index (χ3v) is 2.84. The molecule has 6 nitrogen and oxygen atoms in total. The second-order valence-electron chi connectivity index (χ2n) is 4.53. The first-order chi connectivity index (χ1) is 10.1. The Balaban J connectivity index is 2.09. The highest BCUT2D eigenvalue weighted by atomic mass is 16.4. The molecule has 21 heavy (non-hydrogen) atoms. The Bertz CT molecular complexity index is 634. The normalized spacial score (nSPS) is 10.3. The summed E-state index contributed by atoms with van der Waals surface area (Å²) in [5.41, 5.74) is 0.989. The van der Waals surface area contributed by atoms with Crippen LogP contribution in [0.15, 0.2) is 34.7 Å². The fourth-order valence-electron chi connectivity index (χ4n) is 1.89. The van der Waals surface area contributed by atoms with Crippen molar-refractivity contribution in [1.29, 1.82) is 0 Å². The quantitative estimate of drug-likeness (QED) is 0.795. The van der Waals surface area contributed by atoms with E-state index in [1.807, 2.05) is 30.3 Å². The maximum absolute atomic E-state index is 12.1. The molecule has 0 aliphatic rings. The number of amides is 1. The van der Waals surface area contributed by atoms with Gasteiger partial charge in [-0.2, -0.15) is 0 Å². The average molecular weight is 288 g/mol. The van der Waals surface area contributed by atoms with Gasteiger partial charge in [0.25, 0.3) is 5.91 Å². The van der Waals surface area contributed by atoms with E-state index in [2.05, 4.69) is 10.3 Å². The fraction of sp³-hybridized carbons (Fsp3) is 0.267. The van der Waals surface area contributed by atoms with Crippen molar-refractivity contribution in [2.75, 3.05) is 6.54 Å². The lowest BCUT2D eigenvalue weighted by Crippen LogP contribution is -2.25. The summed E-state index contributed by atoms with van der Waals surface area (Å²) < 4.78 is 5.50. The largest absolute Gasteiger partial charge is 0.481 e. The Morgan fingerprint density at radius 2 is 2.00 bits per heavy atom. The Labute approximate surface area is 121 Å². The van der Waals surface area contributed by atoms with Crippen LogP contribution >= 0.6 is 0 Å². The molecule has 2 aromatic rings. The predicted octanol–water partition coefficient (Wildman–Crippen LogP) is 2.24. The topological polar surface area (TPSA) is 92.4 Å². The van der Waals surface area contributed by atoms with E-state index in [9.17, 15) is 9.59 Å². The Kier molecular flexibility index (Phi) is 4.71. The van der Waals surface area contributed by atoms with Crippen LogP contribution in [0.3, 0.4) is 0 Å². The lowest BCUT2D eigenvalue weighted by atomic mass is 10.1. The van der Waals surface area contributed by atoms with E-state index < -0.39 is 5.97 Å². The standard InChI is InChI=1S/C15H16N2O4/c1-10-17-13(15(20)16-9-5-8-12(18)19)14(21-10)11-6-3-2-4-7-11/h2-4,6-7H,5,8-9H2,1H3,(H,16,20)(H,18,19). The van der Waals surface area contributed by atoms with Gasteiger partial charge in [-0.1, -0.05) is 30.3 Å². The summed E-state index contributed by atoms with van der Waals surface area (Å²) in [6.45, 7) is 1.96. The summed E-state index contributed by atoms with van der Waals surface area (Å²) in [6.07, 6.45) is 0.391. The SMILES string of the molecule is Cc1nc(C(=O)NCCCC(=O)O)c(-c2ccccc2)o1. The number of aliphatic carboxylic acids is 1. The predicted molar refractivity (Wildman–Crippen MR) is 75.9 cm³/mol. The van der Waals surface area contributed by atoms with Crippen LogP contribution in [0, 0.1) is 6.92 Å². The monoisotopic (exact) mass is 288 g/mol. The number of oxazole rings is 1. The number of aryl methyl sites for hydroxylation is 1. The average Bonchev–Trinajstić information content (AvgIpc) is 2.86. The van der Waals surface area contributed by atoms with Gasteiger partial charge in [0.2, 0.25) is 0 Å². The van der Waals surface area contributed by atoms with Crippen LogP contribution in [0.5, 0.6) is 0 Å². The summed E-state index contributed by atoms with van der Waals surface area (Å²) in [5, 5.41) is 11.2. The van der Waals surface area contributed by atoms with Crippen LogP contribution in [0.1, 0.15) is 29.2 Å². The molecule has 6 heteroatoms. The van der Waals surface area contributed by atoms with Crippen molar-refractivity contribution in [3.05, 3.63) is 41.9 Å². The molecule has 0 saturated carbocycles. The zero-order valence-corrected chi connectivity index (χ0v) is 11.6. The zero-order chi connectivity index (χ0) is 15.2.